The fourth-order valence-corrected chi connectivity index (χ4v) is 2.11. The van der Waals surface area contributed by atoms with Crippen LogP contribution in [0.2, 0.25) is 5.02 Å². The van der Waals surface area contributed by atoms with E-state index in [0.29, 0.717) is 23.6 Å². The summed E-state index contributed by atoms with van der Waals surface area (Å²) in [5.74, 6) is 0.609. The molecule has 1 unspecified atom stereocenters. The van der Waals surface area contributed by atoms with Crippen LogP contribution >= 0.6 is 11.6 Å². The molecule has 4 heteroatoms. The molecule has 0 saturated carbocycles. The number of aromatic nitrogens is 1. The smallest absolute Gasteiger partial charge is 0.213 e. The highest BCUT2D eigenvalue weighted by Gasteiger charge is 2.05. The number of halogens is 1. The van der Waals surface area contributed by atoms with E-state index >= 15 is 0 Å². The lowest BCUT2D eigenvalue weighted by molar-refractivity contribution is 0.293. The van der Waals surface area contributed by atoms with Gasteiger partial charge < -0.3 is 10.1 Å². The zero-order chi connectivity index (χ0) is 14.4. The van der Waals surface area contributed by atoms with Crippen molar-refractivity contribution in [1.82, 2.24) is 10.3 Å². The Morgan fingerprint density at radius 2 is 2.05 bits per heavy atom. The van der Waals surface area contributed by atoms with E-state index < -0.39 is 0 Å². The molecule has 0 aliphatic rings. The topological polar surface area (TPSA) is 34.1 Å². The van der Waals surface area contributed by atoms with Crippen molar-refractivity contribution in [2.24, 2.45) is 0 Å². The van der Waals surface area contributed by atoms with Crippen LogP contribution in [0.15, 0.2) is 42.6 Å². The van der Waals surface area contributed by atoms with Crippen molar-refractivity contribution >= 4 is 11.6 Å². The third-order valence-corrected chi connectivity index (χ3v) is 3.47. The van der Waals surface area contributed by atoms with Crippen LogP contribution in [0.5, 0.6) is 5.88 Å². The van der Waals surface area contributed by atoms with E-state index in [4.69, 9.17) is 16.3 Å². The van der Waals surface area contributed by atoms with Gasteiger partial charge in [0.2, 0.25) is 5.88 Å². The predicted octanol–water partition coefficient (Wildman–Crippen LogP) is 3.98. The lowest BCUT2D eigenvalue weighted by Gasteiger charge is -2.13. The number of nitrogens with zero attached hydrogens (tertiary/aromatic N) is 1. The van der Waals surface area contributed by atoms with Crippen molar-refractivity contribution in [3.8, 4) is 5.88 Å². The van der Waals surface area contributed by atoms with Gasteiger partial charge in [0.05, 0.1) is 0 Å². The first kappa shape index (κ1) is 14.8. The number of hydrogen-bond acceptors (Lipinski definition) is 3. The highest BCUT2D eigenvalue weighted by molar-refractivity contribution is 6.31. The SMILES string of the molecule is CCNC(C)c1ccc(OCc2ccccc2Cl)nc1. The van der Waals surface area contributed by atoms with Crippen molar-refractivity contribution in [1.29, 1.82) is 0 Å². The lowest BCUT2D eigenvalue weighted by Crippen LogP contribution is -2.17. The second kappa shape index (κ2) is 7.27. The molecule has 3 nitrogen and oxygen atoms in total. The van der Waals surface area contributed by atoms with Gasteiger partial charge in [0.25, 0.3) is 0 Å². The molecule has 1 heterocycles. The van der Waals surface area contributed by atoms with Crippen molar-refractivity contribution in [3.05, 3.63) is 58.7 Å². The number of nitrogens with one attached hydrogen (secondary N) is 1. The Hall–Kier alpha value is -1.58. The van der Waals surface area contributed by atoms with Gasteiger partial charge in [-0.3, -0.25) is 0 Å². The van der Waals surface area contributed by atoms with E-state index in [1.165, 1.54) is 0 Å². The minimum atomic E-state index is 0.296. The van der Waals surface area contributed by atoms with Gasteiger partial charge in [-0.05, 0) is 25.1 Å². The van der Waals surface area contributed by atoms with Gasteiger partial charge in [-0.25, -0.2) is 4.98 Å². The number of ether oxygens (including phenoxy) is 1. The summed E-state index contributed by atoms with van der Waals surface area (Å²) < 4.78 is 5.65. The molecule has 1 aromatic heterocycles. The lowest BCUT2D eigenvalue weighted by atomic mass is 10.1. The van der Waals surface area contributed by atoms with Crippen LogP contribution in [-0.4, -0.2) is 11.5 Å². The molecule has 0 radical (unpaired) electrons. The van der Waals surface area contributed by atoms with E-state index in [0.717, 1.165) is 17.7 Å². The van der Waals surface area contributed by atoms with Crippen LogP contribution in [-0.2, 0) is 6.61 Å². The monoisotopic (exact) mass is 290 g/mol. The van der Waals surface area contributed by atoms with Crippen LogP contribution in [0.25, 0.3) is 0 Å². The number of rotatable bonds is 6. The van der Waals surface area contributed by atoms with Gasteiger partial charge >= 0.3 is 0 Å². The van der Waals surface area contributed by atoms with E-state index in [-0.39, 0.29) is 0 Å². The Kier molecular flexibility index (Phi) is 5.39. The van der Waals surface area contributed by atoms with Gasteiger partial charge in [0.15, 0.2) is 0 Å². The quantitative estimate of drug-likeness (QED) is 0.873. The second-order valence-electron chi connectivity index (χ2n) is 4.59. The highest BCUT2D eigenvalue weighted by Crippen LogP contribution is 2.18. The van der Waals surface area contributed by atoms with Crippen LogP contribution < -0.4 is 10.1 Å². The summed E-state index contributed by atoms with van der Waals surface area (Å²) in [5, 5.41) is 4.06. The van der Waals surface area contributed by atoms with Gasteiger partial charge in [0, 0.05) is 28.9 Å². The van der Waals surface area contributed by atoms with Crippen LogP contribution in [0, 0.1) is 0 Å². The number of hydrogen-bond donors (Lipinski definition) is 1. The molecule has 0 bridgehead atoms. The molecule has 1 aromatic carbocycles. The third kappa shape index (κ3) is 3.95. The molecular formula is C16H19ClN2O. The second-order valence-corrected chi connectivity index (χ2v) is 5.00. The predicted molar refractivity (Wildman–Crippen MR) is 82.1 cm³/mol. The van der Waals surface area contributed by atoms with Gasteiger partial charge in [-0.2, -0.15) is 0 Å². The van der Waals surface area contributed by atoms with E-state index in [9.17, 15) is 0 Å². The maximum Gasteiger partial charge on any atom is 0.213 e. The molecule has 0 aliphatic carbocycles. The van der Waals surface area contributed by atoms with E-state index in [1.54, 1.807) is 0 Å². The first-order valence-corrected chi connectivity index (χ1v) is 7.14. The molecule has 20 heavy (non-hydrogen) atoms. The number of benzene rings is 1. The van der Waals surface area contributed by atoms with Crippen molar-refractivity contribution in [2.45, 2.75) is 26.5 Å². The molecule has 2 rings (SSSR count). The summed E-state index contributed by atoms with van der Waals surface area (Å²) in [6.07, 6.45) is 1.84. The van der Waals surface area contributed by atoms with Crippen LogP contribution in [0.3, 0.4) is 0 Å². The Balaban J connectivity index is 1.96. The molecule has 1 atom stereocenters. The third-order valence-electron chi connectivity index (χ3n) is 3.10. The average Bonchev–Trinajstić information content (AvgIpc) is 2.47. The maximum absolute atomic E-state index is 6.08. The normalized spacial score (nSPS) is 12.2. The van der Waals surface area contributed by atoms with Gasteiger partial charge in [-0.15, -0.1) is 0 Å². The minimum Gasteiger partial charge on any atom is -0.473 e. The Morgan fingerprint density at radius 1 is 1.25 bits per heavy atom. The van der Waals surface area contributed by atoms with Gasteiger partial charge in [0.1, 0.15) is 6.61 Å². The molecule has 0 aliphatic heterocycles. The van der Waals surface area contributed by atoms with Gasteiger partial charge in [-0.1, -0.05) is 42.8 Å². The molecule has 0 fully saturated rings. The fraction of sp³-hybridized carbons (Fsp3) is 0.312. The fourth-order valence-electron chi connectivity index (χ4n) is 1.92. The largest absolute Gasteiger partial charge is 0.473 e. The number of pyridine rings is 1. The van der Waals surface area contributed by atoms with Crippen LogP contribution in [0.4, 0.5) is 0 Å². The maximum atomic E-state index is 6.08. The minimum absolute atomic E-state index is 0.296. The standard InChI is InChI=1S/C16H19ClN2O/c1-3-18-12(2)13-8-9-16(19-10-13)20-11-14-6-4-5-7-15(14)17/h4-10,12,18H,3,11H2,1-2H3. The van der Waals surface area contributed by atoms with Crippen molar-refractivity contribution in [3.63, 3.8) is 0 Å². The zero-order valence-corrected chi connectivity index (χ0v) is 12.5. The summed E-state index contributed by atoms with van der Waals surface area (Å²) in [6.45, 7) is 5.57. The highest BCUT2D eigenvalue weighted by atomic mass is 35.5. The Morgan fingerprint density at radius 3 is 2.70 bits per heavy atom. The summed E-state index contributed by atoms with van der Waals surface area (Å²) in [5.41, 5.74) is 2.11. The summed E-state index contributed by atoms with van der Waals surface area (Å²) in [4.78, 5) is 4.32. The Labute approximate surface area is 124 Å². The van der Waals surface area contributed by atoms with Crippen LogP contribution in [0.1, 0.15) is 31.0 Å². The molecule has 2 aromatic rings. The average molecular weight is 291 g/mol. The van der Waals surface area contributed by atoms with Crippen molar-refractivity contribution in [2.75, 3.05) is 6.54 Å². The summed E-state index contributed by atoms with van der Waals surface area (Å²) in [6, 6.07) is 11.9. The first-order chi connectivity index (χ1) is 9.70. The zero-order valence-electron chi connectivity index (χ0n) is 11.8. The molecule has 0 saturated heterocycles. The van der Waals surface area contributed by atoms with Crippen molar-refractivity contribution < 1.29 is 4.74 Å². The molecule has 0 spiro atoms. The molecule has 1 N–H and O–H groups in total. The molecule has 106 valence electrons. The molecule has 0 amide bonds. The first-order valence-electron chi connectivity index (χ1n) is 6.76. The Bertz CT molecular complexity index is 542. The van der Waals surface area contributed by atoms with E-state index in [2.05, 4.69) is 24.1 Å². The van der Waals surface area contributed by atoms with E-state index in [1.807, 2.05) is 42.6 Å². The molecular weight excluding hydrogens is 272 g/mol. The summed E-state index contributed by atoms with van der Waals surface area (Å²) in [7, 11) is 0. The summed E-state index contributed by atoms with van der Waals surface area (Å²) >= 11 is 6.08.